The van der Waals surface area contributed by atoms with Gasteiger partial charge in [-0.1, -0.05) is 0 Å². The van der Waals surface area contributed by atoms with Gasteiger partial charge in [0.15, 0.2) is 0 Å². The van der Waals surface area contributed by atoms with E-state index in [0.29, 0.717) is 12.4 Å². The van der Waals surface area contributed by atoms with Gasteiger partial charge in [-0.15, -0.1) is 0 Å². The second kappa shape index (κ2) is 4.40. The summed E-state index contributed by atoms with van der Waals surface area (Å²) in [4.78, 5) is 20.6. The lowest BCUT2D eigenvalue weighted by molar-refractivity contribution is -0.149. The molecule has 0 fully saturated rings. The minimum atomic E-state index is -0.774. The minimum absolute atomic E-state index is 0.267. The molecule has 0 bridgehead atoms. The second-order valence-corrected chi connectivity index (χ2v) is 4.70. The van der Waals surface area contributed by atoms with E-state index in [4.69, 9.17) is 4.74 Å². The maximum absolute atomic E-state index is 12.0. The van der Waals surface area contributed by atoms with Crippen LogP contribution >= 0.6 is 0 Å². The zero-order chi connectivity index (χ0) is 13.3. The predicted molar refractivity (Wildman–Crippen MR) is 68.2 cm³/mol. The van der Waals surface area contributed by atoms with Gasteiger partial charge in [-0.25, -0.2) is 4.98 Å². The number of aryl methyl sites for hydroxylation is 1. The molecule has 0 unspecified atom stereocenters. The highest BCUT2D eigenvalue weighted by molar-refractivity contribution is 5.83. The Labute approximate surface area is 106 Å². The Bertz CT molecular complexity index is 587. The van der Waals surface area contributed by atoms with Crippen LogP contribution in [0.25, 0.3) is 11.0 Å². The number of pyridine rings is 1. The smallest absolute Gasteiger partial charge is 0.319 e. The summed E-state index contributed by atoms with van der Waals surface area (Å²) in [7, 11) is 1.88. The van der Waals surface area contributed by atoms with E-state index in [1.165, 1.54) is 0 Å². The zero-order valence-electron chi connectivity index (χ0n) is 11.1. The molecule has 2 aromatic heterocycles. The third-order valence-electron chi connectivity index (χ3n) is 3.03. The first-order valence-corrected chi connectivity index (χ1v) is 5.92. The van der Waals surface area contributed by atoms with Crippen LogP contribution in [0.4, 0.5) is 0 Å². The standard InChI is InChI=1S/C13H17N3O2/c1-5-18-12(17)13(2,3)11-15-9-6-7-14-8-10(9)16(11)4/h6-8H,5H2,1-4H3. The number of rotatable bonds is 3. The van der Waals surface area contributed by atoms with Crippen molar-refractivity contribution < 1.29 is 9.53 Å². The number of carbonyl (C=O) groups is 1. The number of aromatic nitrogens is 3. The lowest BCUT2D eigenvalue weighted by atomic mass is 9.92. The summed E-state index contributed by atoms with van der Waals surface area (Å²) in [5.41, 5.74) is 0.966. The van der Waals surface area contributed by atoms with Crippen LogP contribution in [-0.2, 0) is 22.0 Å². The summed E-state index contributed by atoms with van der Waals surface area (Å²) in [6, 6.07) is 1.83. The Hall–Kier alpha value is -1.91. The molecule has 5 nitrogen and oxygen atoms in total. The van der Waals surface area contributed by atoms with Crippen LogP contribution in [0.15, 0.2) is 18.5 Å². The van der Waals surface area contributed by atoms with Crippen molar-refractivity contribution in [1.29, 1.82) is 0 Å². The van der Waals surface area contributed by atoms with Crippen molar-refractivity contribution >= 4 is 17.0 Å². The van der Waals surface area contributed by atoms with Crippen LogP contribution in [0.2, 0.25) is 0 Å². The largest absolute Gasteiger partial charge is 0.465 e. The number of hydrogen-bond acceptors (Lipinski definition) is 4. The summed E-state index contributed by atoms with van der Waals surface area (Å²) in [5.74, 6) is 0.417. The summed E-state index contributed by atoms with van der Waals surface area (Å²) in [6.45, 7) is 5.81. The average Bonchev–Trinajstić information content (AvgIpc) is 2.68. The van der Waals surface area contributed by atoms with Crippen LogP contribution in [0, 0.1) is 0 Å². The van der Waals surface area contributed by atoms with Gasteiger partial charge in [0.25, 0.3) is 0 Å². The molecule has 2 rings (SSSR count). The van der Waals surface area contributed by atoms with E-state index in [1.54, 1.807) is 19.3 Å². The van der Waals surface area contributed by atoms with Crippen molar-refractivity contribution in [3.8, 4) is 0 Å². The van der Waals surface area contributed by atoms with Gasteiger partial charge in [-0.05, 0) is 26.8 Å². The van der Waals surface area contributed by atoms with Gasteiger partial charge in [-0.3, -0.25) is 9.78 Å². The van der Waals surface area contributed by atoms with Crippen molar-refractivity contribution in [3.05, 3.63) is 24.3 Å². The number of carbonyl (C=O) groups excluding carboxylic acids is 1. The number of imidazole rings is 1. The molecule has 0 saturated heterocycles. The molecule has 0 aliphatic carbocycles. The van der Waals surface area contributed by atoms with Crippen LogP contribution in [0.5, 0.6) is 0 Å². The van der Waals surface area contributed by atoms with Crippen LogP contribution in [-0.4, -0.2) is 27.1 Å². The fourth-order valence-electron chi connectivity index (χ4n) is 2.00. The number of esters is 1. The Kier molecular flexibility index (Phi) is 3.07. The second-order valence-electron chi connectivity index (χ2n) is 4.70. The topological polar surface area (TPSA) is 57.0 Å². The van der Waals surface area contributed by atoms with E-state index in [2.05, 4.69) is 9.97 Å². The first kappa shape index (κ1) is 12.5. The van der Waals surface area contributed by atoms with E-state index in [1.807, 2.05) is 31.5 Å². The van der Waals surface area contributed by atoms with Gasteiger partial charge in [0.2, 0.25) is 0 Å². The SMILES string of the molecule is CCOC(=O)C(C)(C)c1nc2ccncc2n1C. The first-order valence-electron chi connectivity index (χ1n) is 5.92. The van der Waals surface area contributed by atoms with Crippen molar-refractivity contribution in [2.45, 2.75) is 26.2 Å². The maximum atomic E-state index is 12.0. The molecule has 0 aliphatic heterocycles. The van der Waals surface area contributed by atoms with Crippen molar-refractivity contribution in [3.63, 3.8) is 0 Å². The third kappa shape index (κ3) is 1.85. The van der Waals surface area contributed by atoms with E-state index in [9.17, 15) is 4.79 Å². The highest BCUT2D eigenvalue weighted by atomic mass is 16.5. The van der Waals surface area contributed by atoms with Gasteiger partial charge < -0.3 is 9.30 Å². The fourth-order valence-corrected chi connectivity index (χ4v) is 2.00. The van der Waals surface area contributed by atoms with E-state index in [-0.39, 0.29) is 5.97 Å². The molecule has 0 N–H and O–H groups in total. The molecule has 96 valence electrons. The van der Waals surface area contributed by atoms with Crippen molar-refractivity contribution in [1.82, 2.24) is 14.5 Å². The normalized spacial score (nSPS) is 11.8. The molecular formula is C13H17N3O2. The molecule has 2 aromatic rings. The fraction of sp³-hybridized carbons (Fsp3) is 0.462. The monoisotopic (exact) mass is 247 g/mol. The number of fused-ring (bicyclic) bond motifs is 1. The third-order valence-corrected chi connectivity index (χ3v) is 3.03. The molecule has 0 saturated carbocycles. The van der Waals surface area contributed by atoms with E-state index in [0.717, 1.165) is 11.0 Å². The predicted octanol–water partition coefficient (Wildman–Crippen LogP) is 1.81. The van der Waals surface area contributed by atoms with Gasteiger partial charge in [0.1, 0.15) is 11.2 Å². The van der Waals surface area contributed by atoms with Gasteiger partial charge in [0, 0.05) is 13.2 Å². The molecule has 0 atom stereocenters. The molecule has 5 heteroatoms. The minimum Gasteiger partial charge on any atom is -0.465 e. The molecule has 2 heterocycles. The van der Waals surface area contributed by atoms with Crippen LogP contribution < -0.4 is 0 Å². The summed E-state index contributed by atoms with van der Waals surface area (Å²) < 4.78 is 6.99. The lowest BCUT2D eigenvalue weighted by Crippen LogP contribution is -2.33. The summed E-state index contributed by atoms with van der Waals surface area (Å²) in [5, 5.41) is 0. The highest BCUT2D eigenvalue weighted by Gasteiger charge is 2.36. The van der Waals surface area contributed by atoms with E-state index >= 15 is 0 Å². The molecule has 0 amide bonds. The number of hydrogen-bond donors (Lipinski definition) is 0. The van der Waals surface area contributed by atoms with Crippen molar-refractivity contribution in [2.75, 3.05) is 6.61 Å². The lowest BCUT2D eigenvalue weighted by Gasteiger charge is -2.21. The van der Waals surface area contributed by atoms with Crippen LogP contribution in [0.1, 0.15) is 26.6 Å². The molecule has 0 radical (unpaired) electrons. The summed E-state index contributed by atoms with van der Waals surface area (Å²) >= 11 is 0. The number of nitrogens with zero attached hydrogens (tertiary/aromatic N) is 3. The Balaban J connectivity index is 2.53. The highest BCUT2D eigenvalue weighted by Crippen LogP contribution is 2.26. The van der Waals surface area contributed by atoms with Gasteiger partial charge in [0.05, 0.1) is 23.8 Å². The Morgan fingerprint density at radius 2 is 2.22 bits per heavy atom. The van der Waals surface area contributed by atoms with E-state index < -0.39 is 5.41 Å². The average molecular weight is 247 g/mol. The molecule has 0 spiro atoms. The molecule has 0 aromatic carbocycles. The quantitative estimate of drug-likeness (QED) is 0.776. The van der Waals surface area contributed by atoms with Crippen LogP contribution in [0.3, 0.4) is 0 Å². The Morgan fingerprint density at radius 1 is 1.50 bits per heavy atom. The summed E-state index contributed by atoms with van der Waals surface area (Å²) in [6.07, 6.45) is 3.43. The molecule has 18 heavy (non-hydrogen) atoms. The zero-order valence-corrected chi connectivity index (χ0v) is 11.1. The molecule has 0 aliphatic rings. The first-order chi connectivity index (χ1) is 8.48. The van der Waals surface area contributed by atoms with Crippen molar-refractivity contribution in [2.24, 2.45) is 7.05 Å². The van der Waals surface area contributed by atoms with Gasteiger partial charge in [-0.2, -0.15) is 0 Å². The molecular weight excluding hydrogens is 230 g/mol. The van der Waals surface area contributed by atoms with Gasteiger partial charge >= 0.3 is 5.97 Å². The Morgan fingerprint density at radius 3 is 2.83 bits per heavy atom. The number of ether oxygens (including phenoxy) is 1. The maximum Gasteiger partial charge on any atom is 0.319 e.